The Morgan fingerprint density at radius 1 is 0.882 bits per heavy atom. The molecule has 1 saturated heterocycles. The van der Waals surface area contributed by atoms with Gasteiger partial charge >= 0.3 is 0 Å². The van der Waals surface area contributed by atoms with Crippen LogP contribution < -0.4 is 10.2 Å². The zero-order valence-electron chi connectivity index (χ0n) is 19.4. The van der Waals surface area contributed by atoms with E-state index in [2.05, 4.69) is 20.7 Å². The molecule has 170 valence electrons. The molecule has 7 heteroatoms. The summed E-state index contributed by atoms with van der Waals surface area (Å²) in [5.41, 5.74) is 8.22. The number of hydrogen-bond acceptors (Lipinski definition) is 6. The van der Waals surface area contributed by atoms with Gasteiger partial charge in [-0.05, 0) is 69.3 Å². The largest absolute Gasteiger partial charge is 0.370 e. The van der Waals surface area contributed by atoms with Crippen molar-refractivity contribution in [2.24, 2.45) is 0 Å². The minimum absolute atomic E-state index is 0.596. The van der Waals surface area contributed by atoms with Crippen LogP contribution in [0.15, 0.2) is 67.0 Å². The Bertz CT molecular complexity index is 1480. The molecule has 1 aliphatic rings. The Hall–Kier alpha value is -3.84. The summed E-state index contributed by atoms with van der Waals surface area (Å²) in [6.07, 6.45) is 6.27. The molecule has 0 aromatic carbocycles. The average molecular weight is 450 g/mol. The topological polar surface area (TPSA) is 71.2 Å². The predicted octanol–water partition coefficient (Wildman–Crippen LogP) is 4.50. The van der Waals surface area contributed by atoms with Gasteiger partial charge in [0.05, 0.1) is 34.3 Å². The predicted molar refractivity (Wildman–Crippen MR) is 136 cm³/mol. The van der Waals surface area contributed by atoms with Crippen LogP contribution in [-0.4, -0.2) is 50.5 Å². The van der Waals surface area contributed by atoms with E-state index in [0.29, 0.717) is 6.04 Å². The smallest absolute Gasteiger partial charge is 0.138 e. The van der Waals surface area contributed by atoms with E-state index in [9.17, 15) is 0 Å². The van der Waals surface area contributed by atoms with E-state index >= 15 is 0 Å². The second-order valence-electron chi connectivity index (χ2n) is 8.88. The molecule has 6 heterocycles. The van der Waals surface area contributed by atoms with Gasteiger partial charge < -0.3 is 10.2 Å². The van der Waals surface area contributed by atoms with Crippen molar-refractivity contribution >= 4 is 22.4 Å². The van der Waals surface area contributed by atoms with E-state index in [-0.39, 0.29) is 0 Å². The molecule has 0 aliphatic carbocycles. The number of anilines is 1. The molecule has 0 spiro atoms. The van der Waals surface area contributed by atoms with Crippen LogP contribution in [0.3, 0.4) is 0 Å². The number of imidazole rings is 1. The second kappa shape index (κ2) is 8.50. The Morgan fingerprint density at radius 2 is 1.76 bits per heavy atom. The lowest BCUT2D eigenvalue weighted by atomic mass is 10.0. The van der Waals surface area contributed by atoms with Gasteiger partial charge in [0.1, 0.15) is 17.0 Å². The van der Waals surface area contributed by atoms with Gasteiger partial charge in [0.15, 0.2) is 0 Å². The zero-order valence-corrected chi connectivity index (χ0v) is 19.4. The van der Waals surface area contributed by atoms with Gasteiger partial charge in [-0.15, -0.1) is 0 Å². The lowest BCUT2D eigenvalue weighted by Gasteiger charge is -2.33. The van der Waals surface area contributed by atoms with Gasteiger partial charge in [-0.2, -0.15) is 0 Å². The van der Waals surface area contributed by atoms with E-state index < -0.39 is 0 Å². The zero-order chi connectivity index (χ0) is 23.1. The summed E-state index contributed by atoms with van der Waals surface area (Å²) in [6, 6.07) is 18.9. The quantitative estimate of drug-likeness (QED) is 0.436. The number of nitrogens with one attached hydrogen (secondary N) is 1. The van der Waals surface area contributed by atoms with Crippen LogP contribution in [0.4, 0.5) is 5.69 Å². The maximum atomic E-state index is 5.07. The number of aromatic nitrogens is 5. The number of hydrogen-bond donors (Lipinski definition) is 1. The fourth-order valence-corrected chi connectivity index (χ4v) is 4.82. The van der Waals surface area contributed by atoms with Crippen LogP contribution in [0, 0.1) is 6.92 Å². The van der Waals surface area contributed by atoms with E-state index in [0.717, 1.165) is 76.8 Å². The molecule has 0 amide bonds. The highest BCUT2D eigenvalue weighted by Crippen LogP contribution is 2.32. The first kappa shape index (κ1) is 20.7. The number of rotatable bonds is 4. The lowest BCUT2D eigenvalue weighted by molar-refractivity contribution is 0.442. The SMILES string of the molecule is CNC1CCN(c2cnc3ccc(-c4c(-c5cccc(C)n5)nc5ccccn45)nc3c2)CC1. The monoisotopic (exact) mass is 449 g/mol. The van der Waals surface area contributed by atoms with Crippen molar-refractivity contribution < 1.29 is 0 Å². The molecule has 7 nitrogen and oxygen atoms in total. The van der Waals surface area contributed by atoms with Crippen molar-refractivity contribution in [3.63, 3.8) is 0 Å². The van der Waals surface area contributed by atoms with E-state index in [1.165, 1.54) is 0 Å². The van der Waals surface area contributed by atoms with E-state index in [4.69, 9.17) is 19.9 Å². The third kappa shape index (κ3) is 3.68. The summed E-state index contributed by atoms with van der Waals surface area (Å²) >= 11 is 0. The maximum Gasteiger partial charge on any atom is 0.138 e. The molecule has 5 aromatic rings. The third-order valence-corrected chi connectivity index (χ3v) is 6.69. The van der Waals surface area contributed by atoms with Crippen LogP contribution >= 0.6 is 0 Å². The van der Waals surface area contributed by atoms with Crippen molar-refractivity contribution in [2.75, 3.05) is 25.0 Å². The van der Waals surface area contributed by atoms with E-state index in [1.54, 1.807) is 0 Å². The Labute approximate surface area is 198 Å². The maximum absolute atomic E-state index is 5.07. The number of fused-ring (bicyclic) bond motifs is 2. The normalized spacial score (nSPS) is 14.8. The summed E-state index contributed by atoms with van der Waals surface area (Å²) in [7, 11) is 2.05. The van der Waals surface area contributed by atoms with Crippen molar-refractivity contribution in [3.05, 3.63) is 72.7 Å². The highest BCUT2D eigenvalue weighted by atomic mass is 15.2. The molecule has 34 heavy (non-hydrogen) atoms. The number of pyridine rings is 4. The molecule has 0 radical (unpaired) electrons. The Balaban J connectivity index is 1.46. The molecule has 0 unspecified atom stereocenters. The fourth-order valence-electron chi connectivity index (χ4n) is 4.82. The van der Waals surface area contributed by atoms with Crippen molar-refractivity contribution in [1.29, 1.82) is 0 Å². The molecule has 0 bridgehead atoms. The highest BCUT2D eigenvalue weighted by molar-refractivity contribution is 5.84. The van der Waals surface area contributed by atoms with Gasteiger partial charge in [-0.25, -0.2) is 9.97 Å². The average Bonchev–Trinajstić information content (AvgIpc) is 3.28. The fraction of sp³-hybridized carbons (Fsp3) is 0.259. The minimum atomic E-state index is 0.596. The van der Waals surface area contributed by atoms with Crippen molar-refractivity contribution in [3.8, 4) is 22.8 Å². The highest BCUT2D eigenvalue weighted by Gasteiger charge is 2.20. The van der Waals surface area contributed by atoms with Crippen molar-refractivity contribution in [1.82, 2.24) is 29.7 Å². The van der Waals surface area contributed by atoms with Gasteiger partial charge in [0.25, 0.3) is 0 Å². The molecular weight excluding hydrogens is 422 g/mol. The van der Waals surface area contributed by atoms with Crippen LogP contribution in [0.5, 0.6) is 0 Å². The molecule has 5 aromatic heterocycles. The van der Waals surface area contributed by atoms with Gasteiger partial charge in [-0.1, -0.05) is 12.1 Å². The van der Waals surface area contributed by atoms with Gasteiger partial charge in [0.2, 0.25) is 0 Å². The summed E-state index contributed by atoms with van der Waals surface area (Å²) in [4.78, 5) is 21.9. The minimum Gasteiger partial charge on any atom is -0.370 e. The van der Waals surface area contributed by atoms with Gasteiger partial charge in [-0.3, -0.25) is 14.4 Å². The number of piperidine rings is 1. The Kier molecular flexibility index (Phi) is 5.19. The summed E-state index contributed by atoms with van der Waals surface area (Å²) in [6.45, 7) is 4.05. The first-order chi connectivity index (χ1) is 16.7. The first-order valence-corrected chi connectivity index (χ1v) is 11.8. The molecule has 1 N–H and O–H groups in total. The number of aryl methyl sites for hydroxylation is 1. The molecule has 0 saturated carbocycles. The summed E-state index contributed by atoms with van der Waals surface area (Å²) in [5, 5.41) is 3.40. The first-order valence-electron chi connectivity index (χ1n) is 11.8. The van der Waals surface area contributed by atoms with Crippen LogP contribution in [0.2, 0.25) is 0 Å². The molecular formula is C27H27N7. The summed E-state index contributed by atoms with van der Waals surface area (Å²) in [5.74, 6) is 0. The lowest BCUT2D eigenvalue weighted by Crippen LogP contribution is -2.41. The molecule has 1 aliphatic heterocycles. The second-order valence-corrected chi connectivity index (χ2v) is 8.88. The number of nitrogens with zero attached hydrogens (tertiary/aromatic N) is 6. The van der Waals surface area contributed by atoms with Crippen LogP contribution in [0.1, 0.15) is 18.5 Å². The summed E-state index contributed by atoms with van der Waals surface area (Å²) < 4.78 is 2.09. The molecule has 1 fully saturated rings. The van der Waals surface area contributed by atoms with Crippen LogP contribution in [0.25, 0.3) is 39.5 Å². The molecule has 0 atom stereocenters. The van der Waals surface area contributed by atoms with Crippen molar-refractivity contribution in [2.45, 2.75) is 25.8 Å². The van der Waals surface area contributed by atoms with E-state index in [1.807, 2.05) is 74.9 Å². The Morgan fingerprint density at radius 3 is 2.59 bits per heavy atom. The molecule has 6 rings (SSSR count). The van der Waals surface area contributed by atoms with Gasteiger partial charge in [0, 0.05) is 31.0 Å². The standard InChI is InChI=1S/C27H27N7/c1-18-6-5-7-22(30-18)26-27(34-13-4-3-8-25(34)32-26)23-10-9-21-24(31-23)16-20(17-29-21)33-14-11-19(28-2)12-15-33/h3-10,13,16-17,19,28H,11-12,14-15H2,1-2H3. The van der Waals surface area contributed by atoms with Crippen LogP contribution in [-0.2, 0) is 0 Å². The third-order valence-electron chi connectivity index (χ3n) is 6.69.